The fourth-order valence-electron chi connectivity index (χ4n) is 4.43. The fraction of sp³-hybridized carbons (Fsp3) is 0.261. The number of ketones is 1. The zero-order chi connectivity index (χ0) is 21.4. The normalized spacial score (nSPS) is 19.1. The average Bonchev–Trinajstić information content (AvgIpc) is 3.57. The number of aryl methyl sites for hydroxylation is 1. The number of fused-ring (bicyclic) bond motifs is 1. The fourth-order valence-corrected chi connectivity index (χ4v) is 4.43. The number of amides is 1. The Bertz CT molecular complexity index is 1220. The lowest BCUT2D eigenvalue weighted by atomic mass is 9.89. The molecular formula is C23H22N4O4. The summed E-state index contributed by atoms with van der Waals surface area (Å²) < 4.78 is 7.75. The van der Waals surface area contributed by atoms with Crippen LogP contribution in [0.25, 0.3) is 10.9 Å². The van der Waals surface area contributed by atoms with Gasteiger partial charge in [0.15, 0.2) is 0 Å². The van der Waals surface area contributed by atoms with Crippen LogP contribution >= 0.6 is 0 Å². The number of aliphatic hydroxyl groups is 1. The summed E-state index contributed by atoms with van der Waals surface area (Å²) in [7, 11) is 0. The number of carbonyl (C=O) groups excluding carboxylic acids is 2. The SMILES string of the molecule is O=C1C(=O)N(CCCn2ccnc2)C(c2ccc(CO)o2)C1c1c[nH]c2ccccc12. The number of benzene rings is 1. The number of hydrogen-bond donors (Lipinski definition) is 2. The van der Waals surface area contributed by atoms with Crippen molar-refractivity contribution in [2.75, 3.05) is 6.54 Å². The van der Waals surface area contributed by atoms with Crippen molar-refractivity contribution in [1.82, 2.24) is 19.4 Å². The van der Waals surface area contributed by atoms with Gasteiger partial charge in [0.2, 0.25) is 5.78 Å². The van der Waals surface area contributed by atoms with Gasteiger partial charge in [-0.25, -0.2) is 4.98 Å². The summed E-state index contributed by atoms with van der Waals surface area (Å²) in [5.74, 6) is -0.735. The van der Waals surface area contributed by atoms with Crippen LogP contribution in [0.3, 0.4) is 0 Å². The molecule has 5 rings (SSSR count). The Hall–Kier alpha value is -3.65. The number of imidazole rings is 1. The second-order valence-corrected chi connectivity index (χ2v) is 7.69. The minimum atomic E-state index is -0.686. The number of H-pyrrole nitrogens is 1. The number of furan rings is 1. The Kier molecular flexibility index (Phi) is 4.91. The van der Waals surface area contributed by atoms with E-state index in [2.05, 4.69) is 9.97 Å². The first-order valence-electron chi connectivity index (χ1n) is 10.2. The van der Waals surface area contributed by atoms with E-state index >= 15 is 0 Å². The Labute approximate surface area is 178 Å². The molecule has 0 radical (unpaired) electrons. The number of aromatic nitrogens is 3. The van der Waals surface area contributed by atoms with E-state index in [0.29, 0.717) is 31.0 Å². The molecule has 31 heavy (non-hydrogen) atoms. The minimum Gasteiger partial charge on any atom is -0.461 e. The first-order chi connectivity index (χ1) is 15.2. The van der Waals surface area contributed by atoms with E-state index in [9.17, 15) is 14.7 Å². The second-order valence-electron chi connectivity index (χ2n) is 7.69. The highest BCUT2D eigenvalue weighted by Crippen LogP contribution is 2.45. The van der Waals surface area contributed by atoms with Crippen LogP contribution in [0.1, 0.15) is 35.5 Å². The summed E-state index contributed by atoms with van der Waals surface area (Å²) in [6.07, 6.45) is 7.77. The molecule has 158 valence electrons. The number of nitrogens with zero attached hydrogens (tertiary/aromatic N) is 3. The molecule has 0 spiro atoms. The number of aromatic amines is 1. The molecule has 1 saturated heterocycles. The van der Waals surface area contributed by atoms with Gasteiger partial charge in [-0.05, 0) is 30.2 Å². The monoisotopic (exact) mass is 418 g/mol. The molecule has 2 unspecified atom stereocenters. The Morgan fingerprint density at radius 2 is 2.00 bits per heavy atom. The van der Waals surface area contributed by atoms with Gasteiger partial charge in [0.25, 0.3) is 5.91 Å². The van der Waals surface area contributed by atoms with Gasteiger partial charge >= 0.3 is 0 Å². The third kappa shape index (κ3) is 3.34. The molecule has 4 aromatic rings. The molecule has 1 aromatic carbocycles. The van der Waals surface area contributed by atoms with Crippen molar-refractivity contribution in [3.63, 3.8) is 0 Å². The Balaban J connectivity index is 1.52. The molecule has 1 aliphatic heterocycles. The molecule has 8 nitrogen and oxygen atoms in total. The maximum atomic E-state index is 13.2. The van der Waals surface area contributed by atoms with Crippen molar-refractivity contribution < 1.29 is 19.1 Å². The number of hydrogen-bond acceptors (Lipinski definition) is 5. The van der Waals surface area contributed by atoms with Gasteiger partial charge in [0.1, 0.15) is 24.2 Å². The summed E-state index contributed by atoms with van der Waals surface area (Å²) in [5.41, 5.74) is 1.68. The van der Waals surface area contributed by atoms with Crippen LogP contribution in [0.15, 0.2) is 65.7 Å². The van der Waals surface area contributed by atoms with Gasteiger partial charge in [-0.3, -0.25) is 9.59 Å². The maximum Gasteiger partial charge on any atom is 0.291 e. The maximum absolute atomic E-state index is 13.2. The van der Waals surface area contributed by atoms with Gasteiger partial charge in [-0.15, -0.1) is 0 Å². The number of aliphatic hydroxyl groups excluding tert-OH is 1. The van der Waals surface area contributed by atoms with Crippen LogP contribution in [-0.2, 0) is 22.7 Å². The predicted molar refractivity (Wildman–Crippen MR) is 112 cm³/mol. The van der Waals surface area contributed by atoms with E-state index in [1.807, 2.05) is 35.0 Å². The van der Waals surface area contributed by atoms with E-state index in [0.717, 1.165) is 16.5 Å². The highest BCUT2D eigenvalue weighted by molar-refractivity contribution is 6.40. The van der Waals surface area contributed by atoms with Crippen molar-refractivity contribution in [2.24, 2.45) is 0 Å². The van der Waals surface area contributed by atoms with Crippen LogP contribution in [0, 0.1) is 0 Å². The molecule has 2 atom stereocenters. The molecule has 1 aliphatic rings. The molecule has 0 saturated carbocycles. The minimum absolute atomic E-state index is 0.243. The largest absolute Gasteiger partial charge is 0.461 e. The van der Waals surface area contributed by atoms with Crippen LogP contribution in [0.2, 0.25) is 0 Å². The number of likely N-dealkylation sites (tertiary alicyclic amines) is 1. The van der Waals surface area contributed by atoms with E-state index in [-0.39, 0.29) is 6.61 Å². The van der Waals surface area contributed by atoms with E-state index in [1.165, 1.54) is 0 Å². The van der Waals surface area contributed by atoms with Gasteiger partial charge in [0.05, 0.1) is 12.2 Å². The lowest BCUT2D eigenvalue weighted by Crippen LogP contribution is -2.31. The van der Waals surface area contributed by atoms with Crippen molar-refractivity contribution in [3.05, 3.63) is 78.4 Å². The quantitative estimate of drug-likeness (QED) is 0.449. The average molecular weight is 418 g/mol. The van der Waals surface area contributed by atoms with Crippen LogP contribution in [0.5, 0.6) is 0 Å². The van der Waals surface area contributed by atoms with E-state index in [4.69, 9.17) is 4.42 Å². The van der Waals surface area contributed by atoms with Crippen molar-refractivity contribution in [2.45, 2.75) is 31.5 Å². The molecule has 8 heteroatoms. The summed E-state index contributed by atoms with van der Waals surface area (Å²) in [6.45, 7) is 0.844. The van der Waals surface area contributed by atoms with Crippen molar-refractivity contribution >= 4 is 22.6 Å². The zero-order valence-electron chi connectivity index (χ0n) is 16.8. The highest BCUT2D eigenvalue weighted by atomic mass is 16.4. The summed E-state index contributed by atoms with van der Waals surface area (Å²) in [4.78, 5) is 35.1. The lowest BCUT2D eigenvalue weighted by Gasteiger charge is -2.25. The highest BCUT2D eigenvalue weighted by Gasteiger charge is 2.50. The summed E-state index contributed by atoms with van der Waals surface area (Å²) in [5, 5.41) is 10.4. The topological polar surface area (TPSA) is 104 Å². The molecular weight excluding hydrogens is 396 g/mol. The molecule has 3 aromatic heterocycles. The third-order valence-corrected chi connectivity index (χ3v) is 5.87. The van der Waals surface area contributed by atoms with E-state index in [1.54, 1.807) is 35.8 Å². The molecule has 1 fully saturated rings. The van der Waals surface area contributed by atoms with Crippen LogP contribution in [-0.4, -0.2) is 42.8 Å². The molecule has 4 heterocycles. The van der Waals surface area contributed by atoms with Crippen molar-refractivity contribution in [1.29, 1.82) is 0 Å². The summed E-state index contributed by atoms with van der Waals surface area (Å²) in [6, 6.07) is 10.6. The number of nitrogens with one attached hydrogen (secondary N) is 1. The standard InChI is InChI=1S/C23H22N4O4/c28-13-15-6-7-19(31-15)21-20(17-12-25-18-5-2-1-4-16(17)18)22(29)23(30)27(21)10-3-9-26-11-8-24-14-26/h1-2,4-8,11-12,14,20-21,25,28H,3,9-10,13H2. The first kappa shape index (κ1) is 19.3. The third-order valence-electron chi connectivity index (χ3n) is 5.87. The molecule has 2 N–H and O–H groups in total. The molecule has 1 amide bonds. The number of Topliss-reactive ketones (excluding diaryl/α,β-unsaturated/α-hetero) is 1. The van der Waals surface area contributed by atoms with Crippen LogP contribution in [0.4, 0.5) is 0 Å². The molecule has 0 bridgehead atoms. The predicted octanol–water partition coefficient (Wildman–Crippen LogP) is 2.78. The Morgan fingerprint density at radius 3 is 2.77 bits per heavy atom. The number of rotatable bonds is 7. The second kappa shape index (κ2) is 7.88. The van der Waals surface area contributed by atoms with Crippen LogP contribution < -0.4 is 0 Å². The summed E-state index contributed by atoms with van der Waals surface area (Å²) >= 11 is 0. The first-order valence-corrected chi connectivity index (χ1v) is 10.2. The Morgan fingerprint density at radius 1 is 1.13 bits per heavy atom. The van der Waals surface area contributed by atoms with Gasteiger partial charge in [-0.1, -0.05) is 18.2 Å². The number of para-hydroxylation sites is 1. The molecule has 0 aliphatic carbocycles. The van der Waals surface area contributed by atoms with Gasteiger partial charge in [-0.2, -0.15) is 0 Å². The van der Waals surface area contributed by atoms with E-state index < -0.39 is 23.7 Å². The lowest BCUT2D eigenvalue weighted by molar-refractivity contribution is -0.140. The van der Waals surface area contributed by atoms with Gasteiger partial charge in [0, 0.05) is 42.6 Å². The van der Waals surface area contributed by atoms with Crippen molar-refractivity contribution in [3.8, 4) is 0 Å². The number of carbonyl (C=O) groups is 2. The van der Waals surface area contributed by atoms with Gasteiger partial charge < -0.3 is 24.0 Å². The zero-order valence-corrected chi connectivity index (χ0v) is 16.8. The smallest absolute Gasteiger partial charge is 0.291 e.